The van der Waals surface area contributed by atoms with Gasteiger partial charge >= 0.3 is 0 Å². The number of nitrogens with one attached hydrogen (secondary N) is 1. The number of aliphatic hydroxyl groups is 2. The van der Waals surface area contributed by atoms with E-state index >= 15 is 0 Å². The van der Waals surface area contributed by atoms with Crippen LogP contribution in [0.5, 0.6) is 0 Å². The second-order valence-electron chi connectivity index (χ2n) is 7.15. The van der Waals surface area contributed by atoms with Gasteiger partial charge in [0.25, 0.3) is 5.91 Å². The highest BCUT2D eigenvalue weighted by molar-refractivity contribution is 7.92. The molecule has 0 fully saturated rings. The van der Waals surface area contributed by atoms with Crippen molar-refractivity contribution in [3.05, 3.63) is 46.5 Å². The molecular weight excluding hydrogens is 468 g/mol. The molecule has 0 saturated heterocycles. The van der Waals surface area contributed by atoms with Crippen LogP contribution in [0.25, 0.3) is 0 Å². The second-order valence-corrected chi connectivity index (χ2v) is 10.00. The molecule has 2 aromatic rings. The maximum atomic E-state index is 13.6. The minimum Gasteiger partial charge on any atom is -0.390 e. The third kappa shape index (κ3) is 7.17. The lowest BCUT2D eigenvalue weighted by Crippen LogP contribution is -2.50. The molecule has 9 nitrogen and oxygen atoms in total. The van der Waals surface area contributed by atoms with Crippen LogP contribution in [0.4, 0.5) is 13.9 Å². The van der Waals surface area contributed by atoms with Gasteiger partial charge in [0.2, 0.25) is 10.0 Å². The zero-order valence-corrected chi connectivity index (χ0v) is 19.3. The number of halogens is 2. The summed E-state index contributed by atoms with van der Waals surface area (Å²) in [6.45, 7) is 0.140. The number of thiazole rings is 1. The normalized spacial score (nSPS) is 14.6. The first kappa shape index (κ1) is 26.1. The highest BCUT2D eigenvalue weighted by Gasteiger charge is 2.29. The number of carbonyl (C=O) groups excluding carboxylic acids is 1. The number of methoxy groups -OCH3 is 1. The summed E-state index contributed by atoms with van der Waals surface area (Å²) in [5.74, 6) is -2.41. The zero-order valence-electron chi connectivity index (χ0n) is 17.7. The van der Waals surface area contributed by atoms with E-state index in [-0.39, 0.29) is 35.8 Å². The van der Waals surface area contributed by atoms with Crippen LogP contribution in [-0.4, -0.2) is 74.8 Å². The van der Waals surface area contributed by atoms with Gasteiger partial charge in [0, 0.05) is 32.2 Å². The number of amides is 1. The van der Waals surface area contributed by atoms with E-state index in [9.17, 15) is 32.2 Å². The number of ether oxygens (including phenoxy) is 1. The molecular formula is C19H25F2N3O6S2. The Balaban J connectivity index is 2.25. The van der Waals surface area contributed by atoms with E-state index < -0.39 is 45.8 Å². The molecule has 0 saturated carbocycles. The van der Waals surface area contributed by atoms with Gasteiger partial charge in [0.15, 0.2) is 5.13 Å². The molecule has 1 aromatic heterocycles. The smallest absolute Gasteiger partial charge is 0.271 e. The molecule has 1 aromatic carbocycles. The Kier molecular flexibility index (Phi) is 9.04. The standard InChI is InChI=1S/C19H25F2N3O6S2/c1-24(32(3,28)29)19-23-15(10-31-19)18(27)22-14(17(26)16(25)4-5-30-2)8-11-6-12(20)9-13(21)7-11/h6-7,9-10,14,16-17,25-26H,4-5,8H2,1-3H3,(H,22,27). The van der Waals surface area contributed by atoms with Crippen LogP contribution >= 0.6 is 11.3 Å². The molecule has 0 aliphatic carbocycles. The number of rotatable bonds is 11. The number of benzene rings is 1. The van der Waals surface area contributed by atoms with Gasteiger partial charge in [-0.1, -0.05) is 0 Å². The number of nitrogens with zero attached hydrogens (tertiary/aromatic N) is 2. The molecule has 3 N–H and O–H groups in total. The topological polar surface area (TPSA) is 129 Å². The van der Waals surface area contributed by atoms with E-state index in [1.54, 1.807) is 0 Å². The summed E-state index contributed by atoms with van der Waals surface area (Å²) >= 11 is 0.921. The van der Waals surface area contributed by atoms with Crippen LogP contribution in [0.2, 0.25) is 0 Å². The van der Waals surface area contributed by atoms with Crippen molar-refractivity contribution in [1.29, 1.82) is 0 Å². The summed E-state index contributed by atoms with van der Waals surface area (Å²) in [5.41, 5.74) is 0.0380. The van der Waals surface area contributed by atoms with Crippen molar-refractivity contribution < 1.29 is 36.9 Å². The van der Waals surface area contributed by atoms with E-state index in [2.05, 4.69) is 10.3 Å². The van der Waals surface area contributed by atoms with Crippen molar-refractivity contribution in [1.82, 2.24) is 10.3 Å². The van der Waals surface area contributed by atoms with Crippen molar-refractivity contribution in [2.45, 2.75) is 31.1 Å². The van der Waals surface area contributed by atoms with Crippen LogP contribution in [0.1, 0.15) is 22.5 Å². The maximum Gasteiger partial charge on any atom is 0.271 e. The highest BCUT2D eigenvalue weighted by atomic mass is 32.2. The largest absolute Gasteiger partial charge is 0.390 e. The summed E-state index contributed by atoms with van der Waals surface area (Å²) in [6, 6.07) is 1.67. The lowest BCUT2D eigenvalue weighted by Gasteiger charge is -2.27. The van der Waals surface area contributed by atoms with Gasteiger partial charge in [0.05, 0.1) is 18.4 Å². The Morgan fingerprint density at radius 2 is 1.91 bits per heavy atom. The van der Waals surface area contributed by atoms with Gasteiger partial charge in [-0.3, -0.25) is 4.79 Å². The number of hydrogen-bond acceptors (Lipinski definition) is 8. The van der Waals surface area contributed by atoms with Crippen LogP contribution in [0, 0.1) is 11.6 Å². The average Bonchev–Trinajstić information content (AvgIpc) is 3.19. The van der Waals surface area contributed by atoms with Crippen molar-refractivity contribution in [3.8, 4) is 0 Å². The zero-order chi connectivity index (χ0) is 24.1. The molecule has 0 aliphatic heterocycles. The minimum atomic E-state index is -3.58. The fraction of sp³-hybridized carbons (Fsp3) is 0.474. The van der Waals surface area contributed by atoms with Gasteiger partial charge in [-0.15, -0.1) is 11.3 Å². The molecule has 32 heavy (non-hydrogen) atoms. The molecule has 2 rings (SSSR count). The second kappa shape index (κ2) is 11.1. The predicted molar refractivity (Wildman–Crippen MR) is 115 cm³/mol. The summed E-state index contributed by atoms with van der Waals surface area (Å²) in [5, 5.41) is 24.7. The number of aromatic nitrogens is 1. The Morgan fingerprint density at radius 1 is 1.28 bits per heavy atom. The molecule has 0 bridgehead atoms. The van der Waals surface area contributed by atoms with Crippen molar-refractivity contribution in [2.75, 3.05) is 31.3 Å². The van der Waals surface area contributed by atoms with E-state index in [1.165, 1.54) is 19.5 Å². The highest BCUT2D eigenvalue weighted by Crippen LogP contribution is 2.22. The molecule has 3 unspecified atom stereocenters. The van der Waals surface area contributed by atoms with Crippen LogP contribution in [0.15, 0.2) is 23.6 Å². The number of aliphatic hydroxyl groups excluding tert-OH is 2. The quantitative estimate of drug-likeness (QED) is 0.424. The molecule has 1 heterocycles. The fourth-order valence-corrected chi connectivity index (χ4v) is 4.35. The third-order valence-electron chi connectivity index (χ3n) is 4.61. The van der Waals surface area contributed by atoms with E-state index in [4.69, 9.17) is 4.74 Å². The van der Waals surface area contributed by atoms with Crippen molar-refractivity contribution in [2.24, 2.45) is 0 Å². The number of anilines is 1. The lowest BCUT2D eigenvalue weighted by molar-refractivity contribution is -0.0177. The molecule has 3 atom stereocenters. The predicted octanol–water partition coefficient (Wildman–Crippen LogP) is 0.916. The molecule has 178 valence electrons. The number of carbonyl (C=O) groups is 1. The lowest BCUT2D eigenvalue weighted by atomic mass is 9.96. The third-order valence-corrected chi connectivity index (χ3v) is 6.81. The molecule has 0 radical (unpaired) electrons. The van der Waals surface area contributed by atoms with Gasteiger partial charge in [0.1, 0.15) is 23.4 Å². The van der Waals surface area contributed by atoms with Crippen molar-refractivity contribution >= 4 is 32.4 Å². The van der Waals surface area contributed by atoms with E-state index in [0.29, 0.717) is 6.07 Å². The van der Waals surface area contributed by atoms with E-state index in [1.807, 2.05) is 0 Å². The van der Waals surface area contributed by atoms with Gasteiger partial charge in [-0.2, -0.15) is 0 Å². The number of hydrogen-bond donors (Lipinski definition) is 3. The van der Waals surface area contributed by atoms with Gasteiger partial charge < -0.3 is 20.3 Å². The maximum absolute atomic E-state index is 13.6. The number of sulfonamides is 1. The fourth-order valence-electron chi connectivity index (χ4n) is 2.81. The van der Waals surface area contributed by atoms with Crippen LogP contribution < -0.4 is 9.62 Å². The first-order chi connectivity index (χ1) is 14.9. The summed E-state index contributed by atoms with van der Waals surface area (Å²) in [6.07, 6.45) is -1.92. The molecule has 0 aliphatic rings. The Hall–Kier alpha value is -2.19. The Bertz CT molecular complexity index is 1010. The summed E-state index contributed by atoms with van der Waals surface area (Å²) < 4.78 is 56.3. The minimum absolute atomic E-state index is 0.0571. The molecule has 13 heteroatoms. The monoisotopic (exact) mass is 493 g/mol. The van der Waals surface area contributed by atoms with Gasteiger partial charge in [-0.25, -0.2) is 26.5 Å². The molecule has 0 spiro atoms. The molecule has 1 amide bonds. The van der Waals surface area contributed by atoms with E-state index in [0.717, 1.165) is 34.0 Å². The van der Waals surface area contributed by atoms with Crippen LogP contribution in [-0.2, 0) is 21.2 Å². The van der Waals surface area contributed by atoms with Crippen LogP contribution in [0.3, 0.4) is 0 Å². The SMILES string of the molecule is COCCC(O)C(O)C(Cc1cc(F)cc(F)c1)NC(=O)c1csc(N(C)S(C)(=O)=O)n1. The summed E-state index contributed by atoms with van der Waals surface area (Å²) in [7, 11) is -0.877. The average molecular weight is 494 g/mol. The first-order valence-electron chi connectivity index (χ1n) is 9.42. The Morgan fingerprint density at radius 3 is 2.47 bits per heavy atom. The van der Waals surface area contributed by atoms with Crippen molar-refractivity contribution in [3.63, 3.8) is 0 Å². The van der Waals surface area contributed by atoms with Gasteiger partial charge in [-0.05, 0) is 30.5 Å². The first-order valence-corrected chi connectivity index (χ1v) is 12.2. The summed E-state index contributed by atoms with van der Waals surface area (Å²) in [4.78, 5) is 16.7. The Labute approximate surface area is 188 Å².